The third kappa shape index (κ3) is 1.05. The molecule has 1 aromatic carbocycles. The molecular formula is C13H17N. The molecule has 1 nitrogen and oxygen atoms in total. The van der Waals surface area contributed by atoms with Crippen LogP contribution < -0.4 is 5.73 Å². The van der Waals surface area contributed by atoms with Crippen molar-refractivity contribution in [2.45, 2.75) is 31.1 Å². The molecule has 1 fully saturated rings. The van der Waals surface area contributed by atoms with E-state index in [1.165, 1.54) is 19.3 Å². The molecule has 0 spiro atoms. The monoisotopic (exact) mass is 187 g/mol. The lowest BCUT2D eigenvalue weighted by Gasteiger charge is -2.23. The molecule has 0 heterocycles. The van der Waals surface area contributed by atoms with Gasteiger partial charge in [0.15, 0.2) is 0 Å². The third-order valence-corrected chi connectivity index (χ3v) is 4.07. The molecule has 1 aromatic rings. The van der Waals surface area contributed by atoms with E-state index in [0.29, 0.717) is 0 Å². The quantitative estimate of drug-likeness (QED) is 0.756. The minimum Gasteiger partial charge on any atom is -0.330 e. The Kier molecular flexibility index (Phi) is 1.88. The van der Waals surface area contributed by atoms with Gasteiger partial charge in [-0.15, -0.1) is 0 Å². The number of hydrogen-bond donors (Lipinski definition) is 1. The SMILES string of the molecule is NCCC1CC2CC1c1ccccc12. The fourth-order valence-corrected chi connectivity index (χ4v) is 3.51. The Morgan fingerprint density at radius 3 is 2.71 bits per heavy atom. The van der Waals surface area contributed by atoms with Gasteiger partial charge in [-0.2, -0.15) is 0 Å². The molecule has 0 saturated heterocycles. The summed E-state index contributed by atoms with van der Waals surface area (Å²) in [5.41, 5.74) is 8.92. The van der Waals surface area contributed by atoms with E-state index in [-0.39, 0.29) is 0 Å². The molecule has 2 bridgehead atoms. The predicted molar refractivity (Wildman–Crippen MR) is 58.3 cm³/mol. The summed E-state index contributed by atoms with van der Waals surface area (Å²) in [6.07, 6.45) is 4.00. The van der Waals surface area contributed by atoms with Crippen molar-refractivity contribution in [3.05, 3.63) is 35.4 Å². The molecule has 2 aliphatic rings. The van der Waals surface area contributed by atoms with Gasteiger partial charge < -0.3 is 5.73 Å². The van der Waals surface area contributed by atoms with Crippen LogP contribution in [0.5, 0.6) is 0 Å². The van der Waals surface area contributed by atoms with E-state index in [1.807, 2.05) is 0 Å². The highest BCUT2D eigenvalue weighted by molar-refractivity contribution is 5.41. The van der Waals surface area contributed by atoms with Gasteiger partial charge in [-0.1, -0.05) is 24.3 Å². The molecule has 3 unspecified atom stereocenters. The topological polar surface area (TPSA) is 26.0 Å². The van der Waals surface area contributed by atoms with Crippen LogP contribution in [0.3, 0.4) is 0 Å². The van der Waals surface area contributed by atoms with Gasteiger partial charge >= 0.3 is 0 Å². The normalized spacial score (nSPS) is 33.4. The van der Waals surface area contributed by atoms with Crippen molar-refractivity contribution in [3.8, 4) is 0 Å². The van der Waals surface area contributed by atoms with Crippen LogP contribution in [0, 0.1) is 5.92 Å². The van der Waals surface area contributed by atoms with Crippen molar-refractivity contribution >= 4 is 0 Å². The number of fused-ring (bicyclic) bond motifs is 5. The average Bonchev–Trinajstić information content (AvgIpc) is 2.77. The Hall–Kier alpha value is -0.820. The number of hydrogen-bond acceptors (Lipinski definition) is 1. The van der Waals surface area contributed by atoms with Gasteiger partial charge in [-0.3, -0.25) is 0 Å². The summed E-state index contributed by atoms with van der Waals surface area (Å²) in [7, 11) is 0. The maximum absolute atomic E-state index is 5.66. The number of rotatable bonds is 2. The van der Waals surface area contributed by atoms with Gasteiger partial charge in [0.1, 0.15) is 0 Å². The molecule has 3 atom stereocenters. The maximum Gasteiger partial charge on any atom is -0.00744 e. The minimum absolute atomic E-state index is 0.833. The van der Waals surface area contributed by atoms with Crippen LogP contribution >= 0.6 is 0 Å². The van der Waals surface area contributed by atoms with Crippen LogP contribution in [0.25, 0.3) is 0 Å². The van der Waals surface area contributed by atoms with Gasteiger partial charge in [-0.05, 0) is 54.7 Å². The zero-order chi connectivity index (χ0) is 9.54. The Morgan fingerprint density at radius 2 is 1.93 bits per heavy atom. The molecule has 2 aliphatic carbocycles. The Labute approximate surface area is 85.3 Å². The van der Waals surface area contributed by atoms with Crippen molar-refractivity contribution in [3.63, 3.8) is 0 Å². The van der Waals surface area contributed by atoms with Gasteiger partial charge in [0.2, 0.25) is 0 Å². The van der Waals surface area contributed by atoms with Crippen LogP contribution in [0.1, 0.15) is 42.2 Å². The van der Waals surface area contributed by atoms with Crippen LogP contribution in [0.15, 0.2) is 24.3 Å². The van der Waals surface area contributed by atoms with E-state index < -0.39 is 0 Å². The molecule has 0 aliphatic heterocycles. The van der Waals surface area contributed by atoms with E-state index in [2.05, 4.69) is 24.3 Å². The molecule has 74 valence electrons. The van der Waals surface area contributed by atoms with Gasteiger partial charge in [0.25, 0.3) is 0 Å². The summed E-state index contributed by atoms with van der Waals surface area (Å²) < 4.78 is 0. The number of nitrogens with two attached hydrogens (primary N) is 1. The van der Waals surface area contributed by atoms with Crippen LogP contribution in [-0.4, -0.2) is 6.54 Å². The van der Waals surface area contributed by atoms with E-state index in [4.69, 9.17) is 5.73 Å². The zero-order valence-corrected chi connectivity index (χ0v) is 8.45. The summed E-state index contributed by atoms with van der Waals surface area (Å²) >= 11 is 0. The summed E-state index contributed by atoms with van der Waals surface area (Å²) in [6.45, 7) is 0.857. The second kappa shape index (κ2) is 3.09. The van der Waals surface area contributed by atoms with E-state index in [1.54, 1.807) is 11.1 Å². The van der Waals surface area contributed by atoms with Crippen molar-refractivity contribution in [2.75, 3.05) is 6.54 Å². The summed E-state index contributed by atoms with van der Waals surface area (Å²) in [5, 5.41) is 0. The van der Waals surface area contributed by atoms with Crippen LogP contribution in [0.4, 0.5) is 0 Å². The summed E-state index contributed by atoms with van der Waals surface area (Å²) in [5.74, 6) is 2.56. The molecule has 2 N–H and O–H groups in total. The van der Waals surface area contributed by atoms with Gasteiger partial charge in [0, 0.05) is 0 Å². The van der Waals surface area contributed by atoms with E-state index in [0.717, 1.165) is 24.3 Å². The minimum atomic E-state index is 0.833. The second-order valence-electron chi connectivity index (χ2n) is 4.74. The Morgan fingerprint density at radius 1 is 1.14 bits per heavy atom. The first kappa shape index (κ1) is 8.49. The fourth-order valence-electron chi connectivity index (χ4n) is 3.51. The molecule has 0 aromatic heterocycles. The maximum atomic E-state index is 5.66. The molecule has 0 amide bonds. The molecule has 3 rings (SSSR count). The first-order valence-electron chi connectivity index (χ1n) is 5.69. The Balaban J connectivity index is 1.94. The van der Waals surface area contributed by atoms with Crippen molar-refractivity contribution in [2.24, 2.45) is 11.7 Å². The molecule has 14 heavy (non-hydrogen) atoms. The van der Waals surface area contributed by atoms with Gasteiger partial charge in [0.05, 0.1) is 0 Å². The molecule has 1 saturated carbocycles. The van der Waals surface area contributed by atoms with Crippen LogP contribution in [0.2, 0.25) is 0 Å². The van der Waals surface area contributed by atoms with Crippen LogP contribution in [-0.2, 0) is 0 Å². The highest BCUT2D eigenvalue weighted by Crippen LogP contribution is 2.56. The van der Waals surface area contributed by atoms with Crippen molar-refractivity contribution < 1.29 is 0 Å². The second-order valence-corrected chi connectivity index (χ2v) is 4.74. The lowest BCUT2D eigenvalue weighted by atomic mass is 9.82. The van der Waals surface area contributed by atoms with Crippen molar-refractivity contribution in [1.29, 1.82) is 0 Å². The summed E-state index contributed by atoms with van der Waals surface area (Å²) in [4.78, 5) is 0. The lowest BCUT2D eigenvalue weighted by molar-refractivity contribution is 0.440. The first-order chi connectivity index (χ1) is 6.90. The highest BCUT2D eigenvalue weighted by Gasteiger charge is 2.42. The van der Waals surface area contributed by atoms with Crippen molar-refractivity contribution in [1.82, 2.24) is 0 Å². The fraction of sp³-hybridized carbons (Fsp3) is 0.538. The molecule has 1 heteroatoms. The largest absolute Gasteiger partial charge is 0.330 e. The smallest absolute Gasteiger partial charge is 0.00744 e. The van der Waals surface area contributed by atoms with E-state index >= 15 is 0 Å². The molecule has 0 radical (unpaired) electrons. The van der Waals surface area contributed by atoms with E-state index in [9.17, 15) is 0 Å². The zero-order valence-electron chi connectivity index (χ0n) is 8.45. The highest BCUT2D eigenvalue weighted by atomic mass is 14.6. The molecular weight excluding hydrogens is 170 g/mol. The average molecular weight is 187 g/mol. The summed E-state index contributed by atoms with van der Waals surface area (Å²) in [6, 6.07) is 9.00. The van der Waals surface area contributed by atoms with Gasteiger partial charge in [-0.25, -0.2) is 0 Å². The third-order valence-electron chi connectivity index (χ3n) is 4.07. The first-order valence-corrected chi connectivity index (χ1v) is 5.69. The Bertz CT molecular complexity index is 345. The predicted octanol–water partition coefficient (Wildman–Crippen LogP) is 2.63. The lowest BCUT2D eigenvalue weighted by Crippen LogP contribution is -2.14. The number of benzene rings is 1. The standard InChI is InChI=1S/C13H17N/c14-6-5-9-7-10-8-13(9)12-4-2-1-3-11(10)12/h1-4,9-10,13H,5-8,14H2.